The summed E-state index contributed by atoms with van der Waals surface area (Å²) in [6, 6.07) is 6.10. The van der Waals surface area contributed by atoms with Crippen molar-refractivity contribution in [3.05, 3.63) is 46.6 Å². The van der Waals surface area contributed by atoms with E-state index in [2.05, 4.69) is 9.97 Å². The fourth-order valence-corrected chi connectivity index (χ4v) is 6.11. The van der Waals surface area contributed by atoms with E-state index in [0.29, 0.717) is 23.9 Å². The number of likely N-dealkylation sites (tertiary alicyclic amines) is 1. The van der Waals surface area contributed by atoms with Crippen molar-refractivity contribution in [3.63, 3.8) is 0 Å². The maximum absolute atomic E-state index is 11.8. The summed E-state index contributed by atoms with van der Waals surface area (Å²) in [5, 5.41) is 10.4. The number of hydrogen-bond donors (Lipinski definition) is 4. The van der Waals surface area contributed by atoms with Crippen molar-refractivity contribution in [2.24, 2.45) is 5.73 Å². The van der Waals surface area contributed by atoms with Gasteiger partial charge >= 0.3 is 22.3 Å². The smallest absolute Gasteiger partial charge is 0.475 e. The summed E-state index contributed by atoms with van der Waals surface area (Å²) in [5.74, 6) is -2.26. The summed E-state index contributed by atoms with van der Waals surface area (Å²) >= 11 is 8.26. The summed E-state index contributed by atoms with van der Waals surface area (Å²) in [6.07, 6.45) is -2.91. The van der Waals surface area contributed by atoms with E-state index < -0.39 is 22.3 Å². The number of carbonyl (C=O) groups excluding carboxylic acids is 1. The molecule has 0 spiro atoms. The van der Waals surface area contributed by atoms with Crippen LogP contribution in [0, 0.1) is 0 Å². The zero-order valence-electron chi connectivity index (χ0n) is 19.4. The average molecular weight is 626 g/mol. The number of fused-ring (bicyclic) bond motifs is 2. The Hall–Kier alpha value is -3.09. The number of thiophene rings is 2. The Labute approximate surface area is 231 Å². The molecule has 3 aromatic heterocycles. The van der Waals surface area contributed by atoms with Crippen LogP contribution in [0.2, 0.25) is 5.02 Å². The van der Waals surface area contributed by atoms with E-state index in [1.165, 1.54) is 23.7 Å². The summed E-state index contributed by atoms with van der Waals surface area (Å²) in [6.45, 7) is 1.25. The first-order valence-corrected chi connectivity index (χ1v) is 14.1. The number of aliphatic carboxylic acids is 1. The fraction of sp³-hybridized carbons (Fsp3) is 0.238. The van der Waals surface area contributed by atoms with Crippen LogP contribution in [0.5, 0.6) is 0 Å². The van der Waals surface area contributed by atoms with Gasteiger partial charge in [-0.05, 0) is 41.5 Å². The number of amides is 1. The van der Waals surface area contributed by atoms with Gasteiger partial charge in [0.1, 0.15) is 16.4 Å². The molecule has 0 unspecified atom stereocenters. The predicted octanol–water partition coefficient (Wildman–Crippen LogP) is 3.77. The molecule has 1 aromatic carbocycles. The monoisotopic (exact) mass is 625 g/mol. The number of anilines is 1. The van der Waals surface area contributed by atoms with Crippen molar-refractivity contribution in [2.45, 2.75) is 29.4 Å². The number of alkyl halides is 3. The van der Waals surface area contributed by atoms with Crippen LogP contribution >= 0.6 is 34.3 Å². The molecule has 210 valence electrons. The van der Waals surface area contributed by atoms with E-state index in [0.717, 1.165) is 43.6 Å². The van der Waals surface area contributed by atoms with E-state index in [1.807, 2.05) is 5.38 Å². The highest BCUT2D eigenvalue weighted by atomic mass is 35.5. The van der Waals surface area contributed by atoms with Crippen molar-refractivity contribution in [3.8, 4) is 0 Å². The Morgan fingerprint density at radius 3 is 2.49 bits per heavy atom. The second-order valence-electron chi connectivity index (χ2n) is 7.88. The van der Waals surface area contributed by atoms with Gasteiger partial charge in [0.2, 0.25) is 5.91 Å². The Morgan fingerprint density at radius 2 is 1.92 bits per heavy atom. The van der Waals surface area contributed by atoms with Crippen LogP contribution in [0.4, 0.5) is 19.0 Å². The van der Waals surface area contributed by atoms with Crippen molar-refractivity contribution in [2.75, 3.05) is 12.3 Å². The van der Waals surface area contributed by atoms with Crippen LogP contribution in [0.15, 0.2) is 40.2 Å². The number of nitrogens with two attached hydrogens (primary N) is 2. The zero-order valence-corrected chi connectivity index (χ0v) is 22.6. The number of carbonyl (C=O) groups is 2. The Bertz CT molecular complexity index is 1630. The van der Waals surface area contributed by atoms with E-state index in [-0.39, 0.29) is 16.2 Å². The fourth-order valence-electron chi connectivity index (χ4n) is 3.27. The van der Waals surface area contributed by atoms with Gasteiger partial charge in [-0.25, -0.2) is 14.8 Å². The number of aromatic nitrogens is 2. The van der Waals surface area contributed by atoms with Crippen LogP contribution in [-0.2, 0) is 26.3 Å². The molecule has 1 fully saturated rings. The Balaban J connectivity index is 0.000000178. The van der Waals surface area contributed by atoms with Crippen LogP contribution in [0.3, 0.4) is 0 Å². The quantitative estimate of drug-likeness (QED) is 0.244. The molecule has 4 heterocycles. The molecule has 1 amide bonds. The Morgan fingerprint density at radius 1 is 1.26 bits per heavy atom. The molecule has 5 rings (SSSR count). The number of benzene rings is 1. The van der Waals surface area contributed by atoms with Gasteiger partial charge in [0, 0.05) is 28.4 Å². The largest absolute Gasteiger partial charge is 0.490 e. The molecule has 1 atom stereocenters. The lowest BCUT2D eigenvalue weighted by Gasteiger charge is -2.14. The number of nitrogen functional groups attached to an aromatic ring is 1. The molecule has 39 heavy (non-hydrogen) atoms. The first kappa shape index (κ1) is 30.5. The topological polar surface area (TPSA) is 190 Å². The van der Waals surface area contributed by atoms with Gasteiger partial charge in [0.15, 0.2) is 0 Å². The first-order valence-electron chi connectivity index (χ1n) is 10.6. The molecule has 0 aliphatic carbocycles. The number of rotatable bonds is 3. The molecule has 1 aliphatic rings. The molecule has 18 heteroatoms. The highest BCUT2D eigenvalue weighted by molar-refractivity contribution is 7.88. The number of carboxylic acid groups (broad SMARTS) is 1. The summed E-state index contributed by atoms with van der Waals surface area (Å²) in [7, 11) is -4.10. The van der Waals surface area contributed by atoms with E-state index in [4.69, 9.17) is 37.5 Å². The van der Waals surface area contributed by atoms with Crippen LogP contribution in [0.1, 0.15) is 12.0 Å². The van der Waals surface area contributed by atoms with Gasteiger partial charge in [-0.3, -0.25) is 9.35 Å². The molecule has 1 aliphatic heterocycles. The van der Waals surface area contributed by atoms with E-state index >= 15 is 0 Å². The molecule has 1 saturated heterocycles. The van der Waals surface area contributed by atoms with Gasteiger partial charge in [0.05, 0.1) is 16.3 Å². The predicted molar refractivity (Wildman–Crippen MR) is 140 cm³/mol. The third-order valence-electron chi connectivity index (χ3n) is 5.11. The lowest BCUT2D eigenvalue weighted by molar-refractivity contribution is -0.192. The maximum atomic E-state index is 11.8. The van der Waals surface area contributed by atoms with Gasteiger partial charge in [0.25, 0.3) is 0 Å². The van der Waals surface area contributed by atoms with Crippen LogP contribution < -0.4 is 11.5 Å². The standard InChI is InChI=1S/C11H13N5OS.C8H5ClO3S2.C2HF3O2/c12-7-1-2-16(11(7)17)3-6-4-18-9-8(6)14-5-15-10(9)13;9-6-1-2-7-5(3-6)4-8(13-7)14(10,11)12;3-2(4,5)1(6)7/h4-5,7H,1-3,12H2,(H2,13,14,15);1-4H,(H,10,11,12);(H,6,7)/t7-;;/m0../s1. The van der Waals surface area contributed by atoms with Gasteiger partial charge < -0.3 is 21.5 Å². The highest BCUT2D eigenvalue weighted by Crippen LogP contribution is 2.31. The zero-order chi connectivity index (χ0) is 29.1. The summed E-state index contributed by atoms with van der Waals surface area (Å²) < 4.78 is 63.8. The van der Waals surface area contributed by atoms with Crippen molar-refractivity contribution < 1.29 is 40.8 Å². The average Bonchev–Trinajstić information content (AvgIpc) is 3.53. The van der Waals surface area contributed by atoms with Gasteiger partial charge in [-0.1, -0.05) is 11.6 Å². The SMILES string of the molecule is Nc1ncnc2c(CN3CC[C@H](N)C3=O)csc12.O=C(O)C(F)(F)F.O=S(=O)(O)c1cc2cc(Cl)ccc2s1. The second-order valence-corrected chi connectivity index (χ2v) is 11.9. The van der Waals surface area contributed by atoms with Gasteiger partial charge in [-0.15, -0.1) is 22.7 Å². The van der Waals surface area contributed by atoms with Crippen molar-refractivity contribution in [1.82, 2.24) is 14.9 Å². The third kappa shape index (κ3) is 7.74. The molecule has 0 bridgehead atoms. The summed E-state index contributed by atoms with van der Waals surface area (Å²) in [5.41, 5.74) is 13.3. The molecule has 4 aromatic rings. The Kier molecular flexibility index (Phi) is 9.35. The minimum Gasteiger partial charge on any atom is -0.475 e. The molecule has 0 radical (unpaired) electrons. The minimum atomic E-state index is -5.08. The van der Waals surface area contributed by atoms with Crippen LogP contribution in [0.25, 0.3) is 20.3 Å². The van der Waals surface area contributed by atoms with Gasteiger partial charge in [-0.2, -0.15) is 21.6 Å². The van der Waals surface area contributed by atoms with E-state index in [9.17, 15) is 26.4 Å². The van der Waals surface area contributed by atoms with Crippen molar-refractivity contribution in [1.29, 1.82) is 0 Å². The lowest BCUT2D eigenvalue weighted by Crippen LogP contribution is -2.33. The molecule has 0 saturated carbocycles. The molecule has 6 N–H and O–H groups in total. The number of hydrogen-bond acceptors (Lipinski definition) is 10. The molecular formula is C21H19ClF3N5O6S3. The minimum absolute atomic E-state index is 0.0105. The van der Waals surface area contributed by atoms with Crippen molar-refractivity contribution >= 4 is 82.4 Å². The number of carboxylic acids is 1. The van der Waals surface area contributed by atoms with Crippen LogP contribution in [-0.4, -0.2) is 63.6 Å². The third-order valence-corrected chi connectivity index (χ3v) is 8.80. The summed E-state index contributed by atoms with van der Waals surface area (Å²) in [4.78, 5) is 30.6. The highest BCUT2D eigenvalue weighted by Gasteiger charge is 2.38. The normalized spacial score (nSPS) is 15.6. The second kappa shape index (κ2) is 12.0. The first-order chi connectivity index (χ1) is 18.1. The molecule has 11 nitrogen and oxygen atoms in total. The number of halogens is 4. The number of nitrogens with zero attached hydrogens (tertiary/aromatic N) is 3. The lowest BCUT2D eigenvalue weighted by atomic mass is 10.2. The van der Waals surface area contributed by atoms with E-state index in [1.54, 1.807) is 23.1 Å². The maximum Gasteiger partial charge on any atom is 0.490 e. The molecular weight excluding hydrogens is 607 g/mol.